The monoisotopic (exact) mass is 280 g/mol. The summed E-state index contributed by atoms with van der Waals surface area (Å²) in [5.41, 5.74) is 7.58. The molecule has 3 rings (SSSR count). The molecule has 0 atom stereocenters. The fourth-order valence-electron chi connectivity index (χ4n) is 2.11. The number of nitrogen functional groups attached to an aromatic ring is 1. The van der Waals surface area contributed by atoms with Gasteiger partial charge in [0.1, 0.15) is 24.7 Å². The Labute approximate surface area is 123 Å². The van der Waals surface area contributed by atoms with Crippen LogP contribution in [0.4, 0.5) is 5.69 Å². The number of pyridine rings is 1. The van der Waals surface area contributed by atoms with Gasteiger partial charge in [-0.3, -0.25) is 4.98 Å². The van der Waals surface area contributed by atoms with Crippen molar-refractivity contribution in [2.75, 3.05) is 18.9 Å². The fraction of sp³-hybridized carbons (Fsp3) is 0.118. The zero-order valence-electron chi connectivity index (χ0n) is 11.5. The summed E-state index contributed by atoms with van der Waals surface area (Å²) in [5.74, 6) is 1.49. The van der Waals surface area contributed by atoms with E-state index in [-0.39, 0.29) is 0 Å². The first-order valence-electron chi connectivity index (χ1n) is 6.78. The van der Waals surface area contributed by atoms with Crippen LogP contribution in [0.2, 0.25) is 0 Å². The van der Waals surface area contributed by atoms with E-state index in [0.29, 0.717) is 24.7 Å². The number of hydrogen-bond acceptors (Lipinski definition) is 4. The van der Waals surface area contributed by atoms with E-state index in [4.69, 9.17) is 15.2 Å². The van der Waals surface area contributed by atoms with Crippen molar-refractivity contribution in [3.63, 3.8) is 0 Å². The molecule has 4 heteroatoms. The summed E-state index contributed by atoms with van der Waals surface area (Å²) in [6, 6.07) is 17.2. The molecule has 0 aliphatic heterocycles. The average Bonchev–Trinajstić information content (AvgIpc) is 2.55. The molecular formula is C17H16N2O2. The van der Waals surface area contributed by atoms with E-state index < -0.39 is 0 Å². The molecule has 0 fully saturated rings. The second-order valence-corrected chi connectivity index (χ2v) is 4.56. The number of benzene rings is 2. The number of fused-ring (bicyclic) bond motifs is 1. The molecule has 2 N–H and O–H groups in total. The highest BCUT2D eigenvalue weighted by Gasteiger charge is 2.05. The number of rotatable bonds is 5. The molecule has 3 aromatic rings. The van der Waals surface area contributed by atoms with Gasteiger partial charge in [0.2, 0.25) is 0 Å². The summed E-state index contributed by atoms with van der Waals surface area (Å²) in [4.78, 5) is 4.26. The minimum atomic E-state index is 0.435. The lowest BCUT2D eigenvalue weighted by Gasteiger charge is -2.11. The van der Waals surface area contributed by atoms with Crippen LogP contribution in [0.5, 0.6) is 11.5 Å². The lowest BCUT2D eigenvalue weighted by atomic mass is 10.2. The molecule has 4 nitrogen and oxygen atoms in total. The van der Waals surface area contributed by atoms with Crippen LogP contribution in [0, 0.1) is 0 Å². The number of anilines is 1. The van der Waals surface area contributed by atoms with E-state index in [1.807, 2.05) is 54.6 Å². The van der Waals surface area contributed by atoms with E-state index in [0.717, 1.165) is 16.7 Å². The molecule has 0 unspecified atom stereocenters. The van der Waals surface area contributed by atoms with E-state index >= 15 is 0 Å². The molecule has 0 spiro atoms. The highest BCUT2D eigenvalue weighted by atomic mass is 16.5. The van der Waals surface area contributed by atoms with Crippen LogP contribution < -0.4 is 15.2 Å². The van der Waals surface area contributed by atoms with Gasteiger partial charge in [0, 0.05) is 11.6 Å². The second kappa shape index (κ2) is 6.13. The summed E-state index contributed by atoms with van der Waals surface area (Å²) in [5, 5.41) is 0.902. The number of nitrogens with zero attached hydrogens (tertiary/aromatic N) is 1. The second-order valence-electron chi connectivity index (χ2n) is 4.56. The van der Waals surface area contributed by atoms with Gasteiger partial charge >= 0.3 is 0 Å². The van der Waals surface area contributed by atoms with Gasteiger partial charge in [-0.1, -0.05) is 18.2 Å². The summed E-state index contributed by atoms with van der Waals surface area (Å²) >= 11 is 0. The summed E-state index contributed by atoms with van der Waals surface area (Å²) < 4.78 is 11.3. The van der Waals surface area contributed by atoms with Crippen molar-refractivity contribution >= 4 is 16.6 Å². The normalized spacial score (nSPS) is 10.5. The minimum Gasteiger partial charge on any atom is -0.490 e. The minimum absolute atomic E-state index is 0.435. The number of para-hydroxylation sites is 1. The quantitative estimate of drug-likeness (QED) is 0.575. The van der Waals surface area contributed by atoms with E-state index in [1.165, 1.54) is 0 Å². The molecular weight excluding hydrogens is 264 g/mol. The Morgan fingerprint density at radius 2 is 1.67 bits per heavy atom. The van der Waals surface area contributed by atoms with Gasteiger partial charge in [-0.25, -0.2) is 0 Å². The number of nitrogens with two attached hydrogens (primary N) is 1. The van der Waals surface area contributed by atoms with E-state index in [9.17, 15) is 0 Å². The van der Waals surface area contributed by atoms with Gasteiger partial charge < -0.3 is 15.2 Å². The van der Waals surface area contributed by atoms with Crippen LogP contribution in [0.15, 0.2) is 60.8 Å². The molecule has 0 aliphatic carbocycles. The predicted molar refractivity (Wildman–Crippen MR) is 83.6 cm³/mol. The highest BCUT2D eigenvalue weighted by molar-refractivity contribution is 5.93. The van der Waals surface area contributed by atoms with Crippen molar-refractivity contribution in [1.29, 1.82) is 0 Å². The number of ether oxygens (including phenoxy) is 2. The maximum absolute atomic E-state index is 6.11. The lowest BCUT2D eigenvalue weighted by molar-refractivity contribution is 0.218. The van der Waals surface area contributed by atoms with Gasteiger partial charge in [-0.15, -0.1) is 0 Å². The average molecular weight is 280 g/mol. The number of aromatic nitrogens is 1. The van der Waals surface area contributed by atoms with Gasteiger partial charge in [0.05, 0.1) is 11.2 Å². The molecule has 0 aliphatic rings. The fourth-order valence-corrected chi connectivity index (χ4v) is 2.11. The molecule has 1 aromatic heterocycles. The maximum Gasteiger partial charge on any atom is 0.143 e. The third kappa shape index (κ3) is 3.05. The molecule has 0 amide bonds. The molecule has 0 radical (unpaired) electrons. The first kappa shape index (κ1) is 13.2. The summed E-state index contributed by atoms with van der Waals surface area (Å²) in [6.07, 6.45) is 1.75. The topological polar surface area (TPSA) is 57.4 Å². The van der Waals surface area contributed by atoms with Crippen molar-refractivity contribution in [3.8, 4) is 11.5 Å². The maximum atomic E-state index is 6.11. The first-order valence-corrected chi connectivity index (χ1v) is 6.78. The Kier molecular flexibility index (Phi) is 3.87. The Balaban J connectivity index is 1.62. The summed E-state index contributed by atoms with van der Waals surface area (Å²) in [6.45, 7) is 0.902. The molecule has 0 saturated carbocycles. The van der Waals surface area contributed by atoms with E-state index in [2.05, 4.69) is 4.98 Å². The molecule has 2 aromatic carbocycles. The van der Waals surface area contributed by atoms with Gasteiger partial charge in [0.15, 0.2) is 0 Å². The van der Waals surface area contributed by atoms with Crippen LogP contribution in [0.25, 0.3) is 10.9 Å². The predicted octanol–water partition coefficient (Wildman–Crippen LogP) is 3.27. The smallest absolute Gasteiger partial charge is 0.143 e. The Bertz CT molecular complexity index is 729. The van der Waals surface area contributed by atoms with Gasteiger partial charge in [-0.2, -0.15) is 0 Å². The van der Waals surface area contributed by atoms with Crippen LogP contribution in [0.1, 0.15) is 0 Å². The van der Waals surface area contributed by atoms with Crippen LogP contribution in [-0.4, -0.2) is 18.2 Å². The SMILES string of the molecule is Nc1c(OCCOc2ccccc2)ccc2ncccc12. The Morgan fingerprint density at radius 1 is 0.857 bits per heavy atom. The van der Waals surface area contributed by atoms with Crippen molar-refractivity contribution in [2.45, 2.75) is 0 Å². The highest BCUT2D eigenvalue weighted by Crippen LogP contribution is 2.29. The Hall–Kier alpha value is -2.75. The van der Waals surface area contributed by atoms with E-state index in [1.54, 1.807) is 6.20 Å². The van der Waals surface area contributed by atoms with Crippen molar-refractivity contribution in [3.05, 3.63) is 60.8 Å². The largest absolute Gasteiger partial charge is 0.490 e. The molecule has 21 heavy (non-hydrogen) atoms. The third-order valence-corrected chi connectivity index (χ3v) is 3.14. The van der Waals surface area contributed by atoms with Crippen LogP contribution in [-0.2, 0) is 0 Å². The zero-order valence-corrected chi connectivity index (χ0v) is 11.5. The van der Waals surface area contributed by atoms with Crippen molar-refractivity contribution in [2.24, 2.45) is 0 Å². The van der Waals surface area contributed by atoms with Gasteiger partial charge in [0.25, 0.3) is 0 Å². The summed E-state index contributed by atoms with van der Waals surface area (Å²) in [7, 11) is 0. The van der Waals surface area contributed by atoms with Gasteiger partial charge in [-0.05, 0) is 36.4 Å². The molecule has 106 valence electrons. The van der Waals surface area contributed by atoms with Crippen LogP contribution in [0.3, 0.4) is 0 Å². The first-order chi connectivity index (χ1) is 10.3. The molecule has 0 saturated heterocycles. The molecule has 1 heterocycles. The number of hydrogen-bond donors (Lipinski definition) is 1. The Morgan fingerprint density at radius 3 is 2.52 bits per heavy atom. The van der Waals surface area contributed by atoms with Crippen molar-refractivity contribution < 1.29 is 9.47 Å². The molecule has 0 bridgehead atoms. The standard InChI is InChI=1S/C17H16N2O2/c18-17-14-7-4-10-19-15(14)8-9-16(17)21-12-11-20-13-5-2-1-3-6-13/h1-10H,11-12,18H2. The third-order valence-electron chi connectivity index (χ3n) is 3.14. The lowest BCUT2D eigenvalue weighted by Crippen LogP contribution is -2.10. The van der Waals surface area contributed by atoms with Crippen LogP contribution >= 0.6 is 0 Å². The van der Waals surface area contributed by atoms with Crippen molar-refractivity contribution in [1.82, 2.24) is 4.98 Å². The zero-order chi connectivity index (χ0) is 14.5.